The predicted molar refractivity (Wildman–Crippen MR) is 59.1 cm³/mol. The van der Waals surface area contributed by atoms with Crippen molar-refractivity contribution < 1.29 is 13.2 Å². The number of sulfone groups is 1. The monoisotopic (exact) mass is 240 g/mol. The van der Waals surface area contributed by atoms with Crippen molar-refractivity contribution in [2.24, 2.45) is 0 Å². The highest BCUT2D eigenvalue weighted by molar-refractivity contribution is 7.92. The van der Waals surface area contributed by atoms with Crippen LogP contribution >= 0.6 is 0 Å². The first-order valence-electron chi connectivity index (χ1n) is 4.86. The number of amides is 1. The van der Waals surface area contributed by atoms with Gasteiger partial charge in [0.2, 0.25) is 5.91 Å². The van der Waals surface area contributed by atoms with E-state index < -0.39 is 27.5 Å². The molecule has 0 saturated carbocycles. The van der Waals surface area contributed by atoms with Crippen LogP contribution in [0, 0.1) is 0 Å². The van der Waals surface area contributed by atoms with E-state index in [4.69, 9.17) is 0 Å². The molecule has 0 radical (unpaired) electrons. The highest BCUT2D eigenvalue weighted by Gasteiger charge is 2.27. The number of hydrazine groups is 1. The Morgan fingerprint density at radius 1 is 1.19 bits per heavy atom. The van der Waals surface area contributed by atoms with Crippen molar-refractivity contribution >= 4 is 15.7 Å². The van der Waals surface area contributed by atoms with Crippen molar-refractivity contribution in [3.05, 3.63) is 35.9 Å². The van der Waals surface area contributed by atoms with Crippen molar-refractivity contribution in [3.8, 4) is 0 Å². The molecule has 6 heteroatoms. The van der Waals surface area contributed by atoms with Gasteiger partial charge in [0.1, 0.15) is 5.75 Å². The van der Waals surface area contributed by atoms with Gasteiger partial charge in [-0.25, -0.2) is 13.8 Å². The Balaban J connectivity index is 2.27. The van der Waals surface area contributed by atoms with Gasteiger partial charge in [-0.05, 0) is 5.56 Å². The van der Waals surface area contributed by atoms with Gasteiger partial charge in [0, 0.05) is 0 Å². The van der Waals surface area contributed by atoms with Crippen molar-refractivity contribution in [1.29, 1.82) is 0 Å². The van der Waals surface area contributed by atoms with Gasteiger partial charge in [-0.2, -0.15) is 0 Å². The predicted octanol–water partition coefficient (Wildman–Crippen LogP) is -0.223. The summed E-state index contributed by atoms with van der Waals surface area (Å²) in [5.74, 6) is -1.04. The molecule has 2 N–H and O–H groups in total. The van der Waals surface area contributed by atoms with Crippen LogP contribution in [-0.2, 0) is 14.6 Å². The Hall–Kier alpha value is -1.40. The summed E-state index contributed by atoms with van der Waals surface area (Å²) in [7, 11) is -3.34. The van der Waals surface area contributed by atoms with Gasteiger partial charge in [0.05, 0.1) is 11.8 Å². The van der Waals surface area contributed by atoms with Crippen LogP contribution in [0.15, 0.2) is 30.3 Å². The molecule has 1 fully saturated rings. The third-order valence-electron chi connectivity index (χ3n) is 2.36. The van der Waals surface area contributed by atoms with E-state index in [0.717, 1.165) is 5.56 Å². The van der Waals surface area contributed by atoms with Gasteiger partial charge in [-0.15, -0.1) is 0 Å². The summed E-state index contributed by atoms with van der Waals surface area (Å²) < 4.78 is 23.1. The third kappa shape index (κ3) is 2.59. The standard InChI is InChI=1S/C10H12N2O3S/c13-10-7-16(14,15)6-9(11-12-10)8-4-2-1-3-5-8/h1-5,9,11H,6-7H2,(H,12,13). The van der Waals surface area contributed by atoms with Crippen LogP contribution in [-0.4, -0.2) is 25.8 Å². The summed E-state index contributed by atoms with van der Waals surface area (Å²) >= 11 is 0. The fraction of sp³-hybridized carbons (Fsp3) is 0.300. The third-order valence-corrected chi connectivity index (χ3v) is 3.90. The van der Waals surface area contributed by atoms with Crippen molar-refractivity contribution in [3.63, 3.8) is 0 Å². The Morgan fingerprint density at radius 3 is 2.56 bits per heavy atom. The van der Waals surface area contributed by atoms with Crippen LogP contribution in [0.1, 0.15) is 11.6 Å². The molecule has 1 aromatic carbocycles. The Bertz CT molecular complexity index is 484. The molecule has 1 aromatic rings. The molecule has 0 spiro atoms. The van der Waals surface area contributed by atoms with Crippen molar-refractivity contribution in [1.82, 2.24) is 10.9 Å². The van der Waals surface area contributed by atoms with E-state index >= 15 is 0 Å². The summed E-state index contributed by atoms with van der Waals surface area (Å²) in [5, 5.41) is 0. The first-order valence-corrected chi connectivity index (χ1v) is 6.69. The second-order valence-electron chi connectivity index (χ2n) is 3.71. The Labute approximate surface area is 93.7 Å². The number of rotatable bonds is 1. The molecule has 0 aliphatic carbocycles. The number of carbonyl (C=O) groups excluding carboxylic acids is 1. The summed E-state index contributed by atoms with van der Waals surface area (Å²) in [6, 6.07) is 8.77. The van der Waals surface area contributed by atoms with Gasteiger partial charge in [-0.1, -0.05) is 30.3 Å². The SMILES string of the molecule is O=C1CS(=O)(=O)CC(c2ccccc2)NN1. The van der Waals surface area contributed by atoms with E-state index in [1.165, 1.54) is 0 Å². The zero-order valence-corrected chi connectivity index (χ0v) is 9.33. The lowest BCUT2D eigenvalue weighted by Crippen LogP contribution is -2.39. The highest BCUT2D eigenvalue weighted by Crippen LogP contribution is 2.15. The molecule has 1 heterocycles. The molecule has 1 amide bonds. The van der Waals surface area contributed by atoms with Crippen LogP contribution in [0.2, 0.25) is 0 Å². The minimum atomic E-state index is -3.34. The van der Waals surface area contributed by atoms with E-state index in [-0.39, 0.29) is 5.75 Å². The maximum atomic E-state index is 11.6. The molecule has 0 bridgehead atoms. The minimum absolute atomic E-state index is 0.0737. The smallest absolute Gasteiger partial charge is 0.249 e. The Kier molecular flexibility index (Phi) is 2.93. The number of carbonyl (C=O) groups is 1. The maximum Gasteiger partial charge on any atom is 0.249 e. The van der Waals surface area contributed by atoms with Gasteiger partial charge < -0.3 is 0 Å². The number of nitrogens with one attached hydrogen (secondary N) is 2. The zero-order valence-electron chi connectivity index (χ0n) is 8.51. The average Bonchev–Trinajstić information content (AvgIpc) is 2.37. The summed E-state index contributed by atoms with van der Waals surface area (Å²) in [6.07, 6.45) is 0. The van der Waals surface area contributed by atoms with Crippen LogP contribution < -0.4 is 10.9 Å². The lowest BCUT2D eigenvalue weighted by Gasteiger charge is -2.14. The maximum absolute atomic E-state index is 11.6. The molecule has 5 nitrogen and oxygen atoms in total. The first kappa shape index (κ1) is 11.1. The molecular weight excluding hydrogens is 228 g/mol. The van der Waals surface area contributed by atoms with Crippen molar-refractivity contribution in [2.45, 2.75) is 6.04 Å². The lowest BCUT2D eigenvalue weighted by molar-refractivity contribution is -0.119. The number of hydrogen-bond donors (Lipinski definition) is 2. The molecule has 2 rings (SSSR count). The molecule has 1 saturated heterocycles. The van der Waals surface area contributed by atoms with Gasteiger partial charge in [0.15, 0.2) is 9.84 Å². The second kappa shape index (κ2) is 4.23. The van der Waals surface area contributed by atoms with Crippen LogP contribution in [0.4, 0.5) is 0 Å². The molecule has 1 atom stereocenters. The zero-order chi connectivity index (χ0) is 11.6. The number of hydrogen-bond acceptors (Lipinski definition) is 4. The molecule has 16 heavy (non-hydrogen) atoms. The average molecular weight is 240 g/mol. The van der Waals surface area contributed by atoms with Gasteiger partial charge in [0.25, 0.3) is 0 Å². The molecule has 1 unspecified atom stereocenters. The van der Waals surface area contributed by atoms with E-state index in [1.807, 2.05) is 30.3 Å². The minimum Gasteiger partial charge on any atom is -0.290 e. The summed E-state index contributed by atoms with van der Waals surface area (Å²) in [6.45, 7) is 0. The molecule has 0 aromatic heterocycles. The molecule has 86 valence electrons. The quantitative estimate of drug-likeness (QED) is 0.711. The first-order chi connectivity index (χ1) is 7.57. The summed E-state index contributed by atoms with van der Waals surface area (Å²) in [4.78, 5) is 11.1. The molecule has 1 aliphatic rings. The highest BCUT2D eigenvalue weighted by atomic mass is 32.2. The Morgan fingerprint density at radius 2 is 1.88 bits per heavy atom. The second-order valence-corrected chi connectivity index (χ2v) is 5.82. The fourth-order valence-corrected chi connectivity index (χ4v) is 3.00. The lowest BCUT2D eigenvalue weighted by atomic mass is 10.1. The fourth-order valence-electron chi connectivity index (χ4n) is 1.62. The van der Waals surface area contributed by atoms with E-state index in [1.54, 1.807) is 0 Å². The summed E-state index contributed by atoms with van der Waals surface area (Å²) in [5.41, 5.74) is 5.95. The van der Waals surface area contributed by atoms with Crippen molar-refractivity contribution in [2.75, 3.05) is 11.5 Å². The van der Waals surface area contributed by atoms with Gasteiger partial charge in [-0.3, -0.25) is 10.2 Å². The van der Waals surface area contributed by atoms with Gasteiger partial charge >= 0.3 is 0 Å². The normalized spacial score (nSPS) is 24.5. The van der Waals surface area contributed by atoms with E-state index in [0.29, 0.717) is 0 Å². The van der Waals surface area contributed by atoms with Crippen LogP contribution in [0.3, 0.4) is 0 Å². The van der Waals surface area contributed by atoms with Crippen LogP contribution in [0.5, 0.6) is 0 Å². The topological polar surface area (TPSA) is 75.3 Å². The molecule has 1 aliphatic heterocycles. The van der Waals surface area contributed by atoms with E-state index in [9.17, 15) is 13.2 Å². The number of benzene rings is 1. The van der Waals surface area contributed by atoms with Crippen LogP contribution in [0.25, 0.3) is 0 Å². The van der Waals surface area contributed by atoms with E-state index in [2.05, 4.69) is 10.9 Å². The molecular formula is C10H12N2O3S. The largest absolute Gasteiger partial charge is 0.290 e.